The molecule has 1 N–H and O–H groups in total. The van der Waals surface area contributed by atoms with Crippen LogP contribution in [-0.2, 0) is 29.2 Å². The van der Waals surface area contributed by atoms with Gasteiger partial charge in [0.15, 0.2) is 17.3 Å². The van der Waals surface area contributed by atoms with Crippen LogP contribution in [0, 0.1) is 0 Å². The van der Waals surface area contributed by atoms with Crippen LogP contribution in [0.2, 0.25) is 0 Å². The minimum absolute atomic E-state index is 0.335. The number of amides is 1. The topological polar surface area (TPSA) is 106 Å². The fourth-order valence-corrected chi connectivity index (χ4v) is 3.24. The SMILES string of the molecule is O=C(N1CCCn2c(nnc2Cn2ccnc2)C1)C1(F)CCC1.O=C(O)C(F)(F)F. The zero-order chi connectivity index (χ0) is 21.9. The summed E-state index contributed by atoms with van der Waals surface area (Å²) in [7, 11) is 0. The maximum Gasteiger partial charge on any atom is 0.490 e. The Hall–Kier alpha value is -2.99. The highest BCUT2D eigenvalue weighted by Gasteiger charge is 2.47. The van der Waals surface area contributed by atoms with Gasteiger partial charge in [0.05, 0.1) is 19.4 Å². The Bertz CT molecular complexity index is 892. The van der Waals surface area contributed by atoms with Crippen molar-refractivity contribution in [2.45, 2.75) is 57.2 Å². The first-order valence-electron chi connectivity index (χ1n) is 9.25. The number of rotatable bonds is 3. The van der Waals surface area contributed by atoms with Gasteiger partial charge in [0.2, 0.25) is 0 Å². The van der Waals surface area contributed by atoms with E-state index < -0.39 is 17.8 Å². The fraction of sp³-hybridized carbons (Fsp3) is 0.588. The van der Waals surface area contributed by atoms with E-state index in [-0.39, 0.29) is 5.91 Å². The highest BCUT2D eigenvalue weighted by Crippen LogP contribution is 2.38. The van der Waals surface area contributed by atoms with E-state index in [0.717, 1.165) is 31.0 Å². The number of carboxylic acid groups (broad SMARTS) is 1. The number of imidazole rings is 1. The number of aromatic nitrogens is 5. The van der Waals surface area contributed by atoms with Crippen LogP contribution in [0.5, 0.6) is 0 Å². The van der Waals surface area contributed by atoms with E-state index in [1.807, 2.05) is 15.3 Å². The first-order chi connectivity index (χ1) is 14.1. The summed E-state index contributed by atoms with van der Waals surface area (Å²) < 4.78 is 50.1. The van der Waals surface area contributed by atoms with Gasteiger partial charge in [-0.05, 0) is 25.7 Å². The van der Waals surface area contributed by atoms with Gasteiger partial charge >= 0.3 is 12.1 Å². The predicted octanol–water partition coefficient (Wildman–Crippen LogP) is 1.78. The molecule has 3 heterocycles. The maximum absolute atomic E-state index is 14.4. The molecule has 2 aliphatic rings. The molecule has 0 saturated heterocycles. The summed E-state index contributed by atoms with van der Waals surface area (Å²) in [6.07, 6.45) is 2.52. The third kappa shape index (κ3) is 4.76. The third-order valence-corrected chi connectivity index (χ3v) is 4.99. The second kappa shape index (κ2) is 8.40. The second-order valence-corrected chi connectivity index (χ2v) is 7.12. The maximum atomic E-state index is 14.4. The molecule has 0 bridgehead atoms. The van der Waals surface area contributed by atoms with Gasteiger partial charge in [-0.25, -0.2) is 14.2 Å². The zero-order valence-electron chi connectivity index (χ0n) is 15.8. The third-order valence-electron chi connectivity index (χ3n) is 4.99. The van der Waals surface area contributed by atoms with Crippen LogP contribution in [0.4, 0.5) is 17.6 Å². The quantitative estimate of drug-likeness (QED) is 0.742. The van der Waals surface area contributed by atoms with Crippen molar-refractivity contribution in [2.75, 3.05) is 6.54 Å². The molecule has 2 aromatic heterocycles. The molecular weight excluding hydrogens is 412 g/mol. The first-order valence-corrected chi connectivity index (χ1v) is 9.25. The van der Waals surface area contributed by atoms with Crippen molar-refractivity contribution in [1.82, 2.24) is 29.2 Å². The molecule has 0 unspecified atom stereocenters. The number of aliphatic carboxylic acids is 1. The van der Waals surface area contributed by atoms with E-state index in [1.165, 1.54) is 0 Å². The molecule has 9 nitrogen and oxygen atoms in total. The van der Waals surface area contributed by atoms with E-state index in [1.54, 1.807) is 17.4 Å². The average Bonchev–Trinajstić information content (AvgIpc) is 3.24. The fourth-order valence-electron chi connectivity index (χ4n) is 3.24. The Morgan fingerprint density at radius 2 is 1.87 bits per heavy atom. The summed E-state index contributed by atoms with van der Waals surface area (Å²) in [6.45, 7) is 2.24. The number of fused-ring (bicyclic) bond motifs is 1. The molecule has 1 fully saturated rings. The van der Waals surface area contributed by atoms with E-state index in [0.29, 0.717) is 32.5 Å². The average molecular weight is 432 g/mol. The predicted molar refractivity (Wildman–Crippen MR) is 92.8 cm³/mol. The minimum atomic E-state index is -5.08. The van der Waals surface area contributed by atoms with E-state index in [4.69, 9.17) is 9.90 Å². The normalized spacial score (nSPS) is 17.8. The molecule has 0 radical (unpaired) electrons. The van der Waals surface area contributed by atoms with Gasteiger partial charge in [0, 0.05) is 25.5 Å². The van der Waals surface area contributed by atoms with Crippen molar-refractivity contribution in [1.29, 1.82) is 0 Å². The smallest absolute Gasteiger partial charge is 0.475 e. The number of halogens is 4. The minimum Gasteiger partial charge on any atom is -0.475 e. The van der Waals surface area contributed by atoms with Gasteiger partial charge in [0.1, 0.15) is 0 Å². The van der Waals surface area contributed by atoms with Crippen molar-refractivity contribution in [3.8, 4) is 0 Å². The molecule has 0 spiro atoms. The van der Waals surface area contributed by atoms with Gasteiger partial charge in [-0.3, -0.25) is 4.79 Å². The van der Waals surface area contributed by atoms with Crippen molar-refractivity contribution in [2.24, 2.45) is 0 Å². The summed E-state index contributed by atoms with van der Waals surface area (Å²) in [4.78, 5) is 26.9. The Balaban J connectivity index is 0.000000318. The van der Waals surface area contributed by atoms with Crippen molar-refractivity contribution in [3.63, 3.8) is 0 Å². The highest BCUT2D eigenvalue weighted by atomic mass is 19.4. The molecular formula is C17H20F4N6O3. The molecule has 2 aromatic rings. The lowest BCUT2D eigenvalue weighted by atomic mass is 9.81. The van der Waals surface area contributed by atoms with E-state index >= 15 is 0 Å². The lowest BCUT2D eigenvalue weighted by molar-refractivity contribution is -0.192. The number of hydrogen-bond donors (Lipinski definition) is 1. The number of nitrogens with zero attached hydrogens (tertiary/aromatic N) is 6. The molecule has 1 aliphatic heterocycles. The summed E-state index contributed by atoms with van der Waals surface area (Å²) in [5.41, 5.74) is -1.64. The summed E-state index contributed by atoms with van der Waals surface area (Å²) in [5, 5.41) is 15.6. The highest BCUT2D eigenvalue weighted by molar-refractivity contribution is 5.86. The van der Waals surface area contributed by atoms with Gasteiger partial charge in [-0.1, -0.05) is 0 Å². The molecule has 164 valence electrons. The number of hydrogen-bond acceptors (Lipinski definition) is 5. The lowest BCUT2D eigenvalue weighted by Gasteiger charge is -2.36. The lowest BCUT2D eigenvalue weighted by Crippen LogP contribution is -2.50. The molecule has 4 rings (SSSR count). The number of carbonyl (C=O) groups is 2. The molecule has 1 aliphatic carbocycles. The van der Waals surface area contributed by atoms with Gasteiger partial charge in [-0.2, -0.15) is 13.2 Å². The molecule has 30 heavy (non-hydrogen) atoms. The second-order valence-electron chi connectivity index (χ2n) is 7.12. The van der Waals surface area contributed by atoms with Crippen LogP contribution >= 0.6 is 0 Å². The van der Waals surface area contributed by atoms with Crippen LogP contribution < -0.4 is 0 Å². The molecule has 0 atom stereocenters. The number of alkyl halides is 4. The van der Waals surface area contributed by atoms with Crippen LogP contribution in [-0.4, -0.2) is 64.6 Å². The van der Waals surface area contributed by atoms with Gasteiger partial charge in [0.25, 0.3) is 5.91 Å². The van der Waals surface area contributed by atoms with Gasteiger partial charge < -0.3 is 19.1 Å². The van der Waals surface area contributed by atoms with Crippen molar-refractivity contribution < 1.29 is 32.3 Å². The summed E-state index contributed by atoms with van der Waals surface area (Å²) in [5.74, 6) is -1.57. The molecule has 0 aromatic carbocycles. The summed E-state index contributed by atoms with van der Waals surface area (Å²) >= 11 is 0. The number of carbonyl (C=O) groups excluding carboxylic acids is 1. The van der Waals surface area contributed by atoms with Gasteiger partial charge in [-0.15, -0.1) is 10.2 Å². The van der Waals surface area contributed by atoms with Crippen LogP contribution in [0.15, 0.2) is 18.7 Å². The Labute approximate surface area is 168 Å². The van der Waals surface area contributed by atoms with Crippen molar-refractivity contribution >= 4 is 11.9 Å². The molecule has 1 amide bonds. The molecule has 13 heteroatoms. The van der Waals surface area contributed by atoms with E-state index in [9.17, 15) is 22.4 Å². The first kappa shape index (κ1) is 21.7. The molecule has 1 saturated carbocycles. The Morgan fingerprint density at radius 1 is 1.17 bits per heavy atom. The van der Waals surface area contributed by atoms with E-state index in [2.05, 4.69) is 15.2 Å². The monoisotopic (exact) mass is 432 g/mol. The van der Waals surface area contributed by atoms with Crippen LogP contribution in [0.1, 0.15) is 37.3 Å². The largest absolute Gasteiger partial charge is 0.490 e. The van der Waals surface area contributed by atoms with Crippen LogP contribution in [0.25, 0.3) is 0 Å². The summed E-state index contributed by atoms with van der Waals surface area (Å²) in [6, 6.07) is 0. The number of carboxylic acids is 1. The zero-order valence-corrected chi connectivity index (χ0v) is 15.8. The van der Waals surface area contributed by atoms with Crippen LogP contribution in [0.3, 0.4) is 0 Å². The Morgan fingerprint density at radius 3 is 2.40 bits per heavy atom. The van der Waals surface area contributed by atoms with Crippen molar-refractivity contribution in [3.05, 3.63) is 30.4 Å². The Kier molecular flexibility index (Phi) is 6.08. The standard InChI is InChI=1S/C15H19FN6O.C2HF3O2/c16-15(3-1-4-15)14(23)21-6-2-7-22-12(18-19-13(22)10-21)9-20-8-5-17-11-20;3-2(4,5)1(6)7/h5,8,11H,1-4,6-7,9-10H2;(H,6,7).